The van der Waals surface area contributed by atoms with E-state index in [1.807, 2.05) is 19.1 Å². The first-order valence-electron chi connectivity index (χ1n) is 8.78. The third-order valence-corrected chi connectivity index (χ3v) is 4.99. The van der Waals surface area contributed by atoms with E-state index in [-0.39, 0.29) is 5.82 Å². The minimum absolute atomic E-state index is 0.246. The van der Waals surface area contributed by atoms with Crippen LogP contribution in [0.25, 0.3) is 11.3 Å². The van der Waals surface area contributed by atoms with E-state index in [4.69, 9.17) is 5.73 Å². The van der Waals surface area contributed by atoms with Crippen LogP contribution in [0.1, 0.15) is 47.7 Å². The summed E-state index contributed by atoms with van der Waals surface area (Å²) >= 11 is 0. The number of nitrogens with zero attached hydrogens (tertiary/aromatic N) is 4. The highest BCUT2D eigenvalue weighted by atomic mass is 19.1. The second-order valence-electron chi connectivity index (χ2n) is 6.78. The number of hydrogen-bond donors (Lipinski definition) is 1. The van der Waals surface area contributed by atoms with Gasteiger partial charge in [0.25, 0.3) is 0 Å². The Bertz CT molecular complexity index is 935. The van der Waals surface area contributed by atoms with Gasteiger partial charge in [0, 0.05) is 23.4 Å². The van der Waals surface area contributed by atoms with Crippen molar-refractivity contribution in [2.24, 2.45) is 0 Å². The van der Waals surface area contributed by atoms with Crippen molar-refractivity contribution in [1.29, 1.82) is 0 Å². The Morgan fingerprint density at radius 1 is 1.12 bits per heavy atom. The molecule has 132 valence electrons. The van der Waals surface area contributed by atoms with Gasteiger partial charge in [-0.1, -0.05) is 12.5 Å². The number of hydrogen-bond acceptors (Lipinski definition) is 5. The van der Waals surface area contributed by atoms with Gasteiger partial charge in [-0.15, -0.1) is 0 Å². The molecule has 1 aliphatic carbocycles. The Labute approximate surface area is 151 Å². The maximum absolute atomic E-state index is 15.5. The van der Waals surface area contributed by atoms with Gasteiger partial charge < -0.3 is 5.73 Å². The second kappa shape index (κ2) is 6.78. The Morgan fingerprint density at radius 3 is 2.62 bits per heavy atom. The molecule has 0 amide bonds. The monoisotopic (exact) mass is 349 g/mol. The molecule has 0 saturated heterocycles. The predicted molar refractivity (Wildman–Crippen MR) is 98.0 cm³/mol. The van der Waals surface area contributed by atoms with Crippen molar-refractivity contribution in [1.82, 2.24) is 19.9 Å². The maximum atomic E-state index is 15.5. The number of nitrogens with two attached hydrogens (primary N) is 1. The zero-order valence-corrected chi connectivity index (χ0v) is 14.6. The van der Waals surface area contributed by atoms with Crippen molar-refractivity contribution < 1.29 is 4.39 Å². The van der Waals surface area contributed by atoms with Crippen LogP contribution in [0.2, 0.25) is 0 Å². The smallest absolute Gasteiger partial charge is 0.141 e. The van der Waals surface area contributed by atoms with E-state index in [0.717, 1.165) is 29.8 Å². The highest BCUT2D eigenvalue weighted by molar-refractivity contribution is 5.62. The molecule has 26 heavy (non-hydrogen) atoms. The summed E-state index contributed by atoms with van der Waals surface area (Å²) in [6.45, 7) is 1.91. The molecule has 1 fully saturated rings. The van der Waals surface area contributed by atoms with Crippen LogP contribution in [-0.4, -0.2) is 19.9 Å². The zero-order valence-electron chi connectivity index (χ0n) is 14.6. The average Bonchev–Trinajstić information content (AvgIpc) is 2.58. The number of aryl methyl sites for hydroxylation is 1. The van der Waals surface area contributed by atoms with Crippen LogP contribution in [0.3, 0.4) is 0 Å². The number of halogens is 1. The van der Waals surface area contributed by atoms with Gasteiger partial charge in [0.05, 0.1) is 18.1 Å². The van der Waals surface area contributed by atoms with E-state index in [0.29, 0.717) is 35.0 Å². The molecule has 5 nitrogen and oxygen atoms in total. The molecule has 2 N–H and O–H groups in total. The van der Waals surface area contributed by atoms with E-state index in [1.54, 1.807) is 6.07 Å². The number of rotatable bonds is 4. The Morgan fingerprint density at radius 2 is 1.96 bits per heavy atom. The van der Waals surface area contributed by atoms with Gasteiger partial charge in [-0.05, 0) is 48.9 Å². The molecule has 0 bridgehead atoms. The first kappa shape index (κ1) is 16.6. The number of anilines is 1. The summed E-state index contributed by atoms with van der Waals surface area (Å²) in [6, 6.07) is 5.74. The quantitative estimate of drug-likeness (QED) is 0.775. The number of benzene rings is 1. The lowest BCUT2D eigenvalue weighted by atomic mass is 9.77. The predicted octanol–water partition coefficient (Wildman–Crippen LogP) is 3.82. The van der Waals surface area contributed by atoms with Crippen molar-refractivity contribution in [2.45, 2.75) is 38.5 Å². The van der Waals surface area contributed by atoms with Crippen LogP contribution >= 0.6 is 0 Å². The van der Waals surface area contributed by atoms with Crippen LogP contribution < -0.4 is 5.73 Å². The van der Waals surface area contributed by atoms with E-state index < -0.39 is 0 Å². The van der Waals surface area contributed by atoms with Gasteiger partial charge >= 0.3 is 0 Å². The highest BCUT2D eigenvalue weighted by Gasteiger charge is 2.26. The van der Waals surface area contributed by atoms with Crippen LogP contribution in [0.15, 0.2) is 36.9 Å². The van der Waals surface area contributed by atoms with Crippen LogP contribution in [0, 0.1) is 12.7 Å². The van der Waals surface area contributed by atoms with Gasteiger partial charge in [0.1, 0.15) is 18.0 Å². The molecule has 0 aliphatic heterocycles. The van der Waals surface area contributed by atoms with Crippen molar-refractivity contribution >= 4 is 5.82 Å². The summed E-state index contributed by atoms with van der Waals surface area (Å²) in [6.07, 6.45) is 8.34. The summed E-state index contributed by atoms with van der Waals surface area (Å²) in [7, 11) is 0. The first-order chi connectivity index (χ1) is 12.6. The van der Waals surface area contributed by atoms with E-state index in [1.165, 1.54) is 25.1 Å². The molecule has 0 unspecified atom stereocenters. The molecule has 0 atom stereocenters. The molecule has 0 spiro atoms. The fraction of sp³-hybridized carbons (Fsp3) is 0.300. The summed E-state index contributed by atoms with van der Waals surface area (Å²) in [5, 5.41) is 0. The van der Waals surface area contributed by atoms with Gasteiger partial charge in [0.15, 0.2) is 0 Å². The zero-order chi connectivity index (χ0) is 18.1. The minimum atomic E-state index is -0.246. The van der Waals surface area contributed by atoms with Crippen LogP contribution in [0.4, 0.5) is 10.2 Å². The largest absolute Gasteiger partial charge is 0.382 e. The Kier molecular flexibility index (Phi) is 4.32. The molecule has 6 heteroatoms. The van der Waals surface area contributed by atoms with Crippen LogP contribution in [-0.2, 0) is 6.42 Å². The third-order valence-electron chi connectivity index (χ3n) is 4.99. The molecule has 1 aliphatic rings. The minimum Gasteiger partial charge on any atom is -0.382 e. The van der Waals surface area contributed by atoms with Gasteiger partial charge in [-0.2, -0.15) is 0 Å². The molecule has 3 aromatic rings. The standard InChI is InChI=1S/C20H20FN5/c1-12-7-14(26-11-25-12)8-17-15(13-3-2-4-13)5-6-16(20(17)21)18-9-24-19(22)10-23-18/h5-7,9-11,13H,2-4,8H2,1H3,(H2,22,24). The Balaban J connectivity index is 1.80. The molecular formula is C20H20FN5. The van der Waals surface area contributed by atoms with Crippen molar-refractivity contribution in [3.05, 3.63) is 65.3 Å². The summed E-state index contributed by atoms with van der Waals surface area (Å²) in [5.41, 5.74) is 10.00. The first-order valence-corrected chi connectivity index (χ1v) is 8.78. The van der Waals surface area contributed by atoms with E-state index >= 15 is 4.39 Å². The van der Waals surface area contributed by atoms with Gasteiger partial charge in [0.2, 0.25) is 0 Å². The molecule has 2 heterocycles. The normalized spacial score (nSPS) is 14.2. The molecule has 2 aromatic heterocycles. The van der Waals surface area contributed by atoms with E-state index in [9.17, 15) is 0 Å². The van der Waals surface area contributed by atoms with Crippen LogP contribution in [0.5, 0.6) is 0 Å². The SMILES string of the molecule is Cc1cc(Cc2c(C3CCC3)ccc(-c3cnc(N)cn3)c2F)ncn1. The lowest BCUT2D eigenvalue weighted by molar-refractivity contribution is 0.415. The van der Waals surface area contributed by atoms with Crippen molar-refractivity contribution in [2.75, 3.05) is 5.73 Å². The van der Waals surface area contributed by atoms with E-state index in [2.05, 4.69) is 19.9 Å². The summed E-state index contributed by atoms with van der Waals surface area (Å²) < 4.78 is 15.5. The molecule has 1 saturated carbocycles. The molecule has 1 aromatic carbocycles. The summed E-state index contributed by atoms with van der Waals surface area (Å²) in [4.78, 5) is 16.7. The molecule has 4 rings (SSSR count). The van der Waals surface area contributed by atoms with Crippen molar-refractivity contribution in [3.8, 4) is 11.3 Å². The van der Waals surface area contributed by atoms with Crippen molar-refractivity contribution in [3.63, 3.8) is 0 Å². The third kappa shape index (κ3) is 3.14. The maximum Gasteiger partial charge on any atom is 0.141 e. The molecule has 0 radical (unpaired) electrons. The number of nitrogen functional groups attached to an aromatic ring is 1. The topological polar surface area (TPSA) is 77.6 Å². The Hall–Kier alpha value is -2.89. The lowest BCUT2D eigenvalue weighted by Gasteiger charge is -2.28. The molecular weight excluding hydrogens is 329 g/mol. The fourth-order valence-corrected chi connectivity index (χ4v) is 3.38. The highest BCUT2D eigenvalue weighted by Crippen LogP contribution is 2.40. The second-order valence-corrected chi connectivity index (χ2v) is 6.78. The fourth-order valence-electron chi connectivity index (χ4n) is 3.38. The summed E-state index contributed by atoms with van der Waals surface area (Å²) in [5.74, 6) is 0.496. The average molecular weight is 349 g/mol. The number of aromatic nitrogens is 4. The van der Waals surface area contributed by atoms with Gasteiger partial charge in [-0.25, -0.2) is 19.3 Å². The lowest BCUT2D eigenvalue weighted by Crippen LogP contribution is -2.14. The van der Waals surface area contributed by atoms with Gasteiger partial charge in [-0.3, -0.25) is 4.98 Å².